The van der Waals surface area contributed by atoms with Crippen LogP contribution in [-0.4, -0.2) is 18.5 Å². The second-order valence-electron chi connectivity index (χ2n) is 5.80. The minimum Gasteiger partial charge on any atom is -0.399 e. The molecule has 4 nitrogen and oxygen atoms in total. The van der Waals surface area contributed by atoms with Crippen LogP contribution in [0.4, 0.5) is 17.1 Å². The average molecular weight is 295 g/mol. The van der Waals surface area contributed by atoms with E-state index < -0.39 is 0 Å². The third-order valence-electron chi connectivity index (χ3n) is 4.12. The topological polar surface area (TPSA) is 58.4 Å². The molecular formula is C18H21N3O. The van der Waals surface area contributed by atoms with Gasteiger partial charge in [-0.1, -0.05) is 18.2 Å². The quantitative estimate of drug-likeness (QED) is 0.852. The van der Waals surface area contributed by atoms with Gasteiger partial charge in [-0.05, 0) is 49.2 Å². The minimum absolute atomic E-state index is 0.0290. The molecule has 0 spiro atoms. The number of carbonyl (C=O) groups excluding carboxylic acids is 1. The maximum absolute atomic E-state index is 12.1. The number of nitrogen functional groups attached to an aromatic ring is 1. The Morgan fingerprint density at radius 1 is 1.23 bits per heavy atom. The summed E-state index contributed by atoms with van der Waals surface area (Å²) in [6.45, 7) is 2.94. The van der Waals surface area contributed by atoms with Gasteiger partial charge in [0.05, 0.1) is 0 Å². The lowest BCUT2D eigenvalue weighted by Gasteiger charge is -2.24. The summed E-state index contributed by atoms with van der Waals surface area (Å²) in [4.78, 5) is 14.4. The number of rotatable bonds is 4. The molecule has 0 radical (unpaired) electrons. The summed E-state index contributed by atoms with van der Waals surface area (Å²) in [7, 11) is 0. The zero-order valence-electron chi connectivity index (χ0n) is 12.8. The number of fused-ring (bicyclic) bond motifs is 1. The highest BCUT2D eigenvalue weighted by Gasteiger charge is 2.25. The summed E-state index contributed by atoms with van der Waals surface area (Å²) in [5, 5.41) is 2.91. The van der Waals surface area contributed by atoms with Gasteiger partial charge in [-0.3, -0.25) is 4.79 Å². The van der Waals surface area contributed by atoms with Crippen molar-refractivity contribution in [3.8, 4) is 0 Å². The molecule has 0 fully saturated rings. The number of anilines is 3. The fourth-order valence-electron chi connectivity index (χ4n) is 2.98. The average Bonchev–Trinajstić information content (AvgIpc) is 2.83. The molecule has 1 amide bonds. The van der Waals surface area contributed by atoms with E-state index in [1.165, 1.54) is 11.3 Å². The van der Waals surface area contributed by atoms with Crippen molar-refractivity contribution in [2.75, 3.05) is 22.5 Å². The van der Waals surface area contributed by atoms with Crippen LogP contribution < -0.4 is 16.0 Å². The third-order valence-corrected chi connectivity index (χ3v) is 4.12. The molecule has 4 heteroatoms. The van der Waals surface area contributed by atoms with Crippen molar-refractivity contribution in [1.29, 1.82) is 0 Å². The van der Waals surface area contributed by atoms with E-state index in [0.29, 0.717) is 18.2 Å². The zero-order valence-corrected chi connectivity index (χ0v) is 12.8. The van der Waals surface area contributed by atoms with Crippen LogP contribution in [0.3, 0.4) is 0 Å². The molecule has 1 aliphatic heterocycles. The molecule has 1 atom stereocenters. The number of amides is 1. The summed E-state index contributed by atoms with van der Waals surface area (Å²) in [5.41, 5.74) is 9.75. The maximum Gasteiger partial charge on any atom is 0.226 e. The largest absolute Gasteiger partial charge is 0.399 e. The number of hydrogen-bond donors (Lipinski definition) is 2. The van der Waals surface area contributed by atoms with Crippen LogP contribution in [0.2, 0.25) is 0 Å². The molecule has 114 valence electrons. The second kappa shape index (κ2) is 6.10. The lowest BCUT2D eigenvalue weighted by Crippen LogP contribution is -2.32. The monoisotopic (exact) mass is 295 g/mol. The Labute approximate surface area is 130 Å². The van der Waals surface area contributed by atoms with Gasteiger partial charge in [-0.2, -0.15) is 0 Å². The zero-order chi connectivity index (χ0) is 15.5. The Kier molecular flexibility index (Phi) is 4.00. The molecular weight excluding hydrogens is 274 g/mol. The van der Waals surface area contributed by atoms with E-state index in [0.717, 1.165) is 18.7 Å². The van der Waals surface area contributed by atoms with Crippen LogP contribution in [0, 0.1) is 0 Å². The standard InChI is InChI=1S/C18H21N3O/c1-13-12-14-4-2-3-5-17(14)21(13)11-10-18(22)20-16-8-6-15(19)7-9-16/h2-9,13H,10-12,19H2,1H3,(H,20,22). The van der Waals surface area contributed by atoms with Gasteiger partial charge >= 0.3 is 0 Å². The highest BCUT2D eigenvalue weighted by molar-refractivity contribution is 5.91. The van der Waals surface area contributed by atoms with Crippen molar-refractivity contribution >= 4 is 23.0 Å². The molecule has 0 aliphatic carbocycles. The van der Waals surface area contributed by atoms with Gasteiger partial charge in [-0.15, -0.1) is 0 Å². The molecule has 3 rings (SSSR count). The molecule has 22 heavy (non-hydrogen) atoms. The van der Waals surface area contributed by atoms with Gasteiger partial charge in [0.25, 0.3) is 0 Å². The predicted molar refractivity (Wildman–Crippen MR) is 91.1 cm³/mol. The molecule has 1 aliphatic rings. The van der Waals surface area contributed by atoms with E-state index in [4.69, 9.17) is 5.73 Å². The highest BCUT2D eigenvalue weighted by atomic mass is 16.1. The number of nitrogens with one attached hydrogen (secondary N) is 1. The fourth-order valence-corrected chi connectivity index (χ4v) is 2.98. The molecule has 3 N–H and O–H groups in total. The van der Waals surface area contributed by atoms with E-state index in [1.54, 1.807) is 12.1 Å². The summed E-state index contributed by atoms with van der Waals surface area (Å²) in [5.74, 6) is 0.0290. The molecule has 0 aromatic heterocycles. The predicted octanol–water partition coefficient (Wildman–Crippen LogP) is 3.05. The highest BCUT2D eigenvalue weighted by Crippen LogP contribution is 2.31. The lowest BCUT2D eigenvalue weighted by molar-refractivity contribution is -0.116. The number of hydrogen-bond acceptors (Lipinski definition) is 3. The summed E-state index contributed by atoms with van der Waals surface area (Å²) >= 11 is 0. The van der Waals surface area contributed by atoms with Gasteiger partial charge in [-0.25, -0.2) is 0 Å². The normalized spacial score (nSPS) is 16.4. The Morgan fingerprint density at radius 3 is 2.73 bits per heavy atom. The smallest absolute Gasteiger partial charge is 0.226 e. The first-order valence-corrected chi connectivity index (χ1v) is 7.63. The molecule has 0 saturated carbocycles. The molecule has 2 aromatic carbocycles. The third kappa shape index (κ3) is 3.06. The Balaban J connectivity index is 1.58. The first kappa shape index (κ1) is 14.4. The number of nitrogens with zero attached hydrogens (tertiary/aromatic N) is 1. The second-order valence-corrected chi connectivity index (χ2v) is 5.80. The SMILES string of the molecule is CC1Cc2ccccc2N1CCC(=O)Nc1ccc(N)cc1. The van der Waals surface area contributed by atoms with Crippen molar-refractivity contribution in [1.82, 2.24) is 0 Å². The minimum atomic E-state index is 0.0290. The Bertz CT molecular complexity index is 666. The summed E-state index contributed by atoms with van der Waals surface area (Å²) < 4.78 is 0. The van der Waals surface area contributed by atoms with Crippen LogP contribution in [0.1, 0.15) is 18.9 Å². The van der Waals surface area contributed by atoms with Crippen LogP contribution in [-0.2, 0) is 11.2 Å². The Morgan fingerprint density at radius 2 is 1.95 bits per heavy atom. The van der Waals surface area contributed by atoms with Crippen LogP contribution in [0.15, 0.2) is 48.5 Å². The van der Waals surface area contributed by atoms with Crippen molar-refractivity contribution in [2.24, 2.45) is 0 Å². The molecule has 1 heterocycles. The van der Waals surface area contributed by atoms with Gasteiger partial charge in [0.15, 0.2) is 0 Å². The Hall–Kier alpha value is -2.49. The van der Waals surface area contributed by atoms with E-state index >= 15 is 0 Å². The van der Waals surface area contributed by atoms with Crippen LogP contribution in [0.5, 0.6) is 0 Å². The van der Waals surface area contributed by atoms with E-state index in [2.05, 4.69) is 41.4 Å². The van der Waals surface area contributed by atoms with E-state index in [1.807, 2.05) is 12.1 Å². The van der Waals surface area contributed by atoms with Crippen LogP contribution >= 0.6 is 0 Å². The first-order chi connectivity index (χ1) is 10.6. The summed E-state index contributed by atoms with van der Waals surface area (Å²) in [6.07, 6.45) is 1.53. The van der Waals surface area contributed by atoms with Gasteiger partial charge in [0.2, 0.25) is 5.91 Å². The molecule has 0 bridgehead atoms. The number of nitrogens with two attached hydrogens (primary N) is 1. The maximum atomic E-state index is 12.1. The van der Waals surface area contributed by atoms with Gasteiger partial charge in [0, 0.05) is 36.1 Å². The number of benzene rings is 2. The van der Waals surface area contributed by atoms with E-state index in [9.17, 15) is 4.79 Å². The fraction of sp³-hybridized carbons (Fsp3) is 0.278. The molecule has 0 saturated heterocycles. The van der Waals surface area contributed by atoms with Gasteiger partial charge < -0.3 is 16.0 Å². The first-order valence-electron chi connectivity index (χ1n) is 7.63. The van der Waals surface area contributed by atoms with Crippen molar-refractivity contribution in [2.45, 2.75) is 25.8 Å². The van der Waals surface area contributed by atoms with Crippen LogP contribution in [0.25, 0.3) is 0 Å². The van der Waals surface area contributed by atoms with Gasteiger partial charge in [0.1, 0.15) is 0 Å². The lowest BCUT2D eigenvalue weighted by atomic mass is 10.1. The number of carbonyl (C=O) groups is 1. The van der Waals surface area contributed by atoms with E-state index in [-0.39, 0.29) is 5.91 Å². The summed E-state index contributed by atoms with van der Waals surface area (Å²) in [6, 6.07) is 16.1. The van der Waals surface area contributed by atoms with Crippen molar-refractivity contribution < 1.29 is 4.79 Å². The van der Waals surface area contributed by atoms with Crippen molar-refractivity contribution in [3.63, 3.8) is 0 Å². The molecule has 2 aromatic rings. The molecule has 1 unspecified atom stereocenters. The number of para-hydroxylation sites is 1. The van der Waals surface area contributed by atoms with Crippen molar-refractivity contribution in [3.05, 3.63) is 54.1 Å².